The Kier molecular flexibility index (Phi) is 4.61. The number of carbonyl (C=O) groups is 2. The molecule has 1 amide bonds. The number of ether oxygens (including phenoxy) is 2. The van der Waals surface area contributed by atoms with Crippen LogP contribution in [0.25, 0.3) is 0 Å². The van der Waals surface area contributed by atoms with E-state index in [4.69, 9.17) is 9.47 Å². The van der Waals surface area contributed by atoms with Gasteiger partial charge >= 0.3 is 0 Å². The normalized spacial score (nSPS) is 14.5. The van der Waals surface area contributed by atoms with Crippen molar-refractivity contribution in [2.45, 2.75) is 19.3 Å². The monoisotopic (exact) mass is 277 g/mol. The molecule has 0 radical (unpaired) electrons. The average Bonchev–Trinajstić information content (AvgIpc) is 2.91. The number of benzene rings is 1. The Hall–Kier alpha value is -2.04. The fraction of sp³-hybridized carbons (Fsp3) is 0.467. The Morgan fingerprint density at radius 1 is 1.25 bits per heavy atom. The molecule has 1 aromatic rings. The summed E-state index contributed by atoms with van der Waals surface area (Å²) in [7, 11) is 3.17. The molecule has 0 atom stereocenters. The van der Waals surface area contributed by atoms with E-state index in [0.29, 0.717) is 37.3 Å². The van der Waals surface area contributed by atoms with E-state index in [-0.39, 0.29) is 18.2 Å². The van der Waals surface area contributed by atoms with Crippen molar-refractivity contribution in [2.24, 2.45) is 0 Å². The summed E-state index contributed by atoms with van der Waals surface area (Å²) in [4.78, 5) is 24.7. The first-order chi connectivity index (χ1) is 9.63. The van der Waals surface area contributed by atoms with Gasteiger partial charge in [0, 0.05) is 19.4 Å². The number of nitrogens with zero attached hydrogens (tertiary/aromatic N) is 1. The molecule has 1 heterocycles. The highest BCUT2D eigenvalue weighted by atomic mass is 16.5. The van der Waals surface area contributed by atoms with Crippen LogP contribution in [0.5, 0.6) is 11.5 Å². The maximum Gasteiger partial charge on any atom is 0.223 e. The molecule has 2 rings (SSSR count). The Labute approximate surface area is 118 Å². The van der Waals surface area contributed by atoms with Crippen LogP contribution in [0.1, 0.15) is 18.4 Å². The molecule has 20 heavy (non-hydrogen) atoms. The molecule has 5 nitrogen and oxygen atoms in total. The van der Waals surface area contributed by atoms with Gasteiger partial charge in [0.05, 0.1) is 20.8 Å². The Morgan fingerprint density at radius 2 is 2.00 bits per heavy atom. The summed E-state index contributed by atoms with van der Waals surface area (Å²) in [6.07, 6.45) is 1.52. The van der Waals surface area contributed by atoms with Crippen molar-refractivity contribution < 1.29 is 19.1 Å². The SMILES string of the molecule is COc1ccc(CCC(=O)N2CCC(=O)C2)cc1OC. The summed E-state index contributed by atoms with van der Waals surface area (Å²) in [6, 6.07) is 5.63. The number of rotatable bonds is 5. The van der Waals surface area contributed by atoms with Gasteiger partial charge in [0.1, 0.15) is 0 Å². The minimum absolute atomic E-state index is 0.0330. The Bertz CT molecular complexity index is 513. The van der Waals surface area contributed by atoms with E-state index in [2.05, 4.69) is 0 Å². The zero-order valence-electron chi connectivity index (χ0n) is 11.8. The number of hydrogen-bond donors (Lipinski definition) is 0. The number of methoxy groups -OCH3 is 2. The molecule has 1 aliphatic rings. The lowest BCUT2D eigenvalue weighted by Crippen LogP contribution is -2.28. The molecule has 0 aliphatic carbocycles. The second-order valence-corrected chi connectivity index (χ2v) is 4.79. The summed E-state index contributed by atoms with van der Waals surface area (Å²) in [5.41, 5.74) is 1.02. The van der Waals surface area contributed by atoms with E-state index >= 15 is 0 Å². The molecular weight excluding hydrogens is 258 g/mol. The number of Topliss-reactive ketones (excluding diaryl/α,β-unsaturated/α-hetero) is 1. The van der Waals surface area contributed by atoms with Crippen LogP contribution >= 0.6 is 0 Å². The molecule has 5 heteroatoms. The molecule has 108 valence electrons. The zero-order valence-corrected chi connectivity index (χ0v) is 11.8. The van der Waals surface area contributed by atoms with E-state index in [1.807, 2.05) is 18.2 Å². The predicted molar refractivity (Wildman–Crippen MR) is 74.1 cm³/mol. The predicted octanol–water partition coefficient (Wildman–Crippen LogP) is 1.44. The van der Waals surface area contributed by atoms with Crippen LogP contribution < -0.4 is 9.47 Å². The molecule has 1 fully saturated rings. The first-order valence-electron chi connectivity index (χ1n) is 6.64. The van der Waals surface area contributed by atoms with Gasteiger partial charge in [0.25, 0.3) is 0 Å². The van der Waals surface area contributed by atoms with Crippen molar-refractivity contribution in [1.82, 2.24) is 4.90 Å². The van der Waals surface area contributed by atoms with E-state index in [1.54, 1.807) is 19.1 Å². The molecule has 1 aliphatic heterocycles. The minimum atomic E-state index is 0.0330. The van der Waals surface area contributed by atoms with Crippen molar-refractivity contribution in [1.29, 1.82) is 0 Å². The fourth-order valence-electron chi connectivity index (χ4n) is 2.29. The van der Waals surface area contributed by atoms with Gasteiger partial charge in [0.15, 0.2) is 17.3 Å². The first kappa shape index (κ1) is 14.4. The molecule has 0 bridgehead atoms. The highest BCUT2D eigenvalue weighted by Crippen LogP contribution is 2.28. The second-order valence-electron chi connectivity index (χ2n) is 4.79. The summed E-state index contributed by atoms with van der Waals surface area (Å²) in [5, 5.41) is 0. The van der Waals surface area contributed by atoms with Gasteiger partial charge in [-0.2, -0.15) is 0 Å². The van der Waals surface area contributed by atoms with Crippen molar-refractivity contribution in [3.63, 3.8) is 0 Å². The van der Waals surface area contributed by atoms with Crippen LogP contribution in [0.4, 0.5) is 0 Å². The molecule has 0 N–H and O–H groups in total. The Morgan fingerprint density at radius 3 is 2.60 bits per heavy atom. The van der Waals surface area contributed by atoms with Crippen molar-refractivity contribution in [2.75, 3.05) is 27.3 Å². The zero-order chi connectivity index (χ0) is 14.5. The maximum atomic E-state index is 12.0. The smallest absolute Gasteiger partial charge is 0.223 e. The van der Waals surface area contributed by atoms with Crippen molar-refractivity contribution >= 4 is 11.7 Å². The second kappa shape index (κ2) is 6.41. The topological polar surface area (TPSA) is 55.8 Å². The quantitative estimate of drug-likeness (QED) is 0.817. The van der Waals surface area contributed by atoms with E-state index in [1.165, 1.54) is 0 Å². The largest absolute Gasteiger partial charge is 0.493 e. The molecule has 0 saturated carbocycles. The first-order valence-corrected chi connectivity index (χ1v) is 6.64. The molecular formula is C15H19NO4. The average molecular weight is 277 g/mol. The fourth-order valence-corrected chi connectivity index (χ4v) is 2.29. The Balaban J connectivity index is 1.93. The third-order valence-corrected chi connectivity index (χ3v) is 3.46. The summed E-state index contributed by atoms with van der Waals surface area (Å²) in [6.45, 7) is 0.828. The molecule has 0 spiro atoms. The summed E-state index contributed by atoms with van der Waals surface area (Å²) < 4.78 is 10.4. The van der Waals surface area contributed by atoms with Gasteiger partial charge in [-0.05, 0) is 24.1 Å². The number of likely N-dealkylation sites (tertiary alicyclic amines) is 1. The van der Waals surface area contributed by atoms with Gasteiger partial charge in [-0.3, -0.25) is 9.59 Å². The third kappa shape index (κ3) is 3.29. The maximum absolute atomic E-state index is 12.0. The van der Waals surface area contributed by atoms with Crippen LogP contribution in [0.15, 0.2) is 18.2 Å². The lowest BCUT2D eigenvalue weighted by molar-refractivity contribution is -0.131. The number of carbonyl (C=O) groups excluding carboxylic acids is 2. The van der Waals surface area contributed by atoms with Crippen LogP contribution in [0.2, 0.25) is 0 Å². The number of amides is 1. The van der Waals surface area contributed by atoms with Gasteiger partial charge in [0.2, 0.25) is 5.91 Å². The standard InChI is InChI=1S/C15H19NO4/c1-19-13-5-3-11(9-14(13)20-2)4-6-15(18)16-8-7-12(17)10-16/h3,5,9H,4,6-8,10H2,1-2H3. The lowest BCUT2D eigenvalue weighted by Gasteiger charge is -2.14. The van der Waals surface area contributed by atoms with Crippen LogP contribution in [-0.2, 0) is 16.0 Å². The number of hydrogen-bond acceptors (Lipinski definition) is 4. The number of ketones is 1. The van der Waals surface area contributed by atoms with Crippen LogP contribution in [-0.4, -0.2) is 43.9 Å². The van der Waals surface area contributed by atoms with Crippen molar-refractivity contribution in [3.05, 3.63) is 23.8 Å². The number of aryl methyl sites for hydroxylation is 1. The molecule has 0 unspecified atom stereocenters. The molecule has 1 aromatic carbocycles. The van der Waals surface area contributed by atoms with Crippen molar-refractivity contribution in [3.8, 4) is 11.5 Å². The lowest BCUT2D eigenvalue weighted by atomic mass is 10.1. The third-order valence-electron chi connectivity index (χ3n) is 3.46. The van der Waals surface area contributed by atoms with E-state index in [0.717, 1.165) is 5.56 Å². The van der Waals surface area contributed by atoms with Crippen LogP contribution in [0, 0.1) is 0 Å². The summed E-state index contributed by atoms with van der Waals surface area (Å²) >= 11 is 0. The highest BCUT2D eigenvalue weighted by Gasteiger charge is 2.23. The highest BCUT2D eigenvalue weighted by molar-refractivity contribution is 5.89. The minimum Gasteiger partial charge on any atom is -0.493 e. The molecule has 1 saturated heterocycles. The van der Waals surface area contributed by atoms with Gasteiger partial charge in [-0.15, -0.1) is 0 Å². The van der Waals surface area contributed by atoms with Crippen LogP contribution in [0.3, 0.4) is 0 Å². The van der Waals surface area contributed by atoms with Gasteiger partial charge in [-0.1, -0.05) is 6.07 Å². The van der Waals surface area contributed by atoms with Gasteiger partial charge in [-0.25, -0.2) is 0 Å². The van der Waals surface area contributed by atoms with E-state index in [9.17, 15) is 9.59 Å². The summed E-state index contributed by atoms with van der Waals surface area (Å²) in [5.74, 6) is 1.51. The van der Waals surface area contributed by atoms with Gasteiger partial charge < -0.3 is 14.4 Å². The molecule has 0 aromatic heterocycles. The van der Waals surface area contributed by atoms with E-state index < -0.39 is 0 Å².